The molecule has 1 aromatic carbocycles. The summed E-state index contributed by atoms with van der Waals surface area (Å²) in [6.07, 6.45) is 3.41. The van der Waals surface area contributed by atoms with Crippen LogP contribution in [0.1, 0.15) is 41.8 Å². The van der Waals surface area contributed by atoms with Crippen LogP contribution >= 0.6 is 0 Å². The van der Waals surface area contributed by atoms with Crippen molar-refractivity contribution in [2.24, 2.45) is 5.73 Å². The smallest absolute Gasteiger partial charge is 0.0662 e. The predicted molar refractivity (Wildman–Crippen MR) is 77.0 cm³/mol. The molecule has 1 aliphatic rings. The molecule has 3 rings (SSSR count). The Bertz CT molecular complexity index is 580. The minimum absolute atomic E-state index is 0.122. The molecular formula is C16H21N3. The average Bonchev–Trinajstić information content (AvgIpc) is 2.63. The van der Waals surface area contributed by atoms with E-state index in [0.717, 1.165) is 25.1 Å². The Morgan fingerprint density at radius 2 is 1.89 bits per heavy atom. The van der Waals surface area contributed by atoms with E-state index < -0.39 is 0 Å². The zero-order valence-electron chi connectivity index (χ0n) is 11.7. The molecule has 1 saturated carbocycles. The molecule has 3 heteroatoms. The van der Waals surface area contributed by atoms with Crippen LogP contribution in [-0.2, 0) is 12.1 Å². The third kappa shape index (κ3) is 2.08. The lowest BCUT2D eigenvalue weighted by Crippen LogP contribution is -2.44. The van der Waals surface area contributed by atoms with Gasteiger partial charge in [-0.25, -0.2) is 0 Å². The Hall–Kier alpha value is -1.61. The van der Waals surface area contributed by atoms with Gasteiger partial charge in [-0.05, 0) is 38.7 Å². The van der Waals surface area contributed by atoms with Crippen LogP contribution in [0.4, 0.5) is 0 Å². The molecule has 0 bridgehead atoms. The molecule has 1 heterocycles. The van der Waals surface area contributed by atoms with E-state index in [-0.39, 0.29) is 5.54 Å². The second-order valence-corrected chi connectivity index (χ2v) is 5.70. The number of nitrogens with two attached hydrogens (primary N) is 1. The molecule has 0 unspecified atom stereocenters. The molecule has 3 nitrogen and oxygen atoms in total. The van der Waals surface area contributed by atoms with Crippen molar-refractivity contribution in [1.29, 1.82) is 0 Å². The summed E-state index contributed by atoms with van der Waals surface area (Å²) in [5.41, 5.74) is 11.2. The minimum atomic E-state index is -0.122. The van der Waals surface area contributed by atoms with Gasteiger partial charge >= 0.3 is 0 Å². The molecule has 0 aliphatic heterocycles. The van der Waals surface area contributed by atoms with E-state index in [1.165, 1.54) is 23.2 Å². The molecule has 0 amide bonds. The average molecular weight is 255 g/mol. The molecule has 0 radical (unpaired) electrons. The molecule has 1 fully saturated rings. The number of aryl methyl sites for hydroxylation is 1. The number of hydrogen-bond donors (Lipinski definition) is 1. The first kappa shape index (κ1) is 12.4. The Kier molecular flexibility index (Phi) is 2.94. The summed E-state index contributed by atoms with van der Waals surface area (Å²) in [4.78, 5) is 0. The van der Waals surface area contributed by atoms with Gasteiger partial charge in [0.05, 0.1) is 12.2 Å². The number of aromatic nitrogens is 2. The Morgan fingerprint density at radius 1 is 1.21 bits per heavy atom. The summed E-state index contributed by atoms with van der Waals surface area (Å²) < 4.78 is 2.09. The molecule has 1 aromatic heterocycles. The van der Waals surface area contributed by atoms with E-state index in [0.29, 0.717) is 0 Å². The highest BCUT2D eigenvalue weighted by Gasteiger charge is 2.38. The van der Waals surface area contributed by atoms with Gasteiger partial charge in [0, 0.05) is 16.8 Å². The third-order valence-electron chi connectivity index (χ3n) is 4.30. The van der Waals surface area contributed by atoms with Gasteiger partial charge in [-0.15, -0.1) is 0 Å². The Balaban J connectivity index is 1.94. The van der Waals surface area contributed by atoms with Gasteiger partial charge in [0.15, 0.2) is 0 Å². The van der Waals surface area contributed by atoms with E-state index in [4.69, 9.17) is 10.8 Å². The number of hydrogen-bond acceptors (Lipinski definition) is 2. The van der Waals surface area contributed by atoms with Crippen LogP contribution in [-0.4, -0.2) is 9.78 Å². The third-order valence-corrected chi connectivity index (χ3v) is 4.30. The fourth-order valence-corrected chi connectivity index (χ4v) is 3.14. The van der Waals surface area contributed by atoms with Crippen molar-refractivity contribution in [1.82, 2.24) is 9.78 Å². The molecule has 0 saturated heterocycles. The van der Waals surface area contributed by atoms with Gasteiger partial charge in [-0.3, -0.25) is 4.68 Å². The maximum Gasteiger partial charge on any atom is 0.0662 e. The lowest BCUT2D eigenvalue weighted by molar-refractivity contribution is 0.251. The topological polar surface area (TPSA) is 43.8 Å². The van der Waals surface area contributed by atoms with Gasteiger partial charge in [-0.2, -0.15) is 5.10 Å². The van der Waals surface area contributed by atoms with E-state index >= 15 is 0 Å². The van der Waals surface area contributed by atoms with E-state index in [9.17, 15) is 0 Å². The first-order valence-corrected chi connectivity index (χ1v) is 6.97. The maximum absolute atomic E-state index is 6.48. The largest absolute Gasteiger partial charge is 0.321 e. The number of rotatable bonds is 3. The molecular weight excluding hydrogens is 234 g/mol. The van der Waals surface area contributed by atoms with Crippen LogP contribution in [0.15, 0.2) is 30.3 Å². The van der Waals surface area contributed by atoms with Crippen LogP contribution in [0, 0.1) is 13.8 Å². The van der Waals surface area contributed by atoms with Crippen molar-refractivity contribution < 1.29 is 0 Å². The lowest BCUT2D eigenvalue weighted by atomic mass is 9.72. The highest BCUT2D eigenvalue weighted by atomic mass is 15.3. The zero-order chi connectivity index (χ0) is 13.5. The van der Waals surface area contributed by atoms with Gasteiger partial charge in [0.1, 0.15) is 0 Å². The Labute approximate surface area is 114 Å². The van der Waals surface area contributed by atoms with Crippen molar-refractivity contribution in [2.45, 2.75) is 45.2 Å². The van der Waals surface area contributed by atoms with Crippen LogP contribution in [0.2, 0.25) is 0 Å². The summed E-state index contributed by atoms with van der Waals surface area (Å²) in [5, 5.41) is 4.69. The normalized spacial score (nSPS) is 17.2. The molecule has 19 heavy (non-hydrogen) atoms. The minimum Gasteiger partial charge on any atom is -0.321 e. The fourth-order valence-electron chi connectivity index (χ4n) is 3.14. The summed E-state index contributed by atoms with van der Waals surface area (Å²) in [5.74, 6) is 0. The van der Waals surface area contributed by atoms with Crippen LogP contribution in [0.5, 0.6) is 0 Å². The monoisotopic (exact) mass is 255 g/mol. The molecule has 0 spiro atoms. The van der Waals surface area contributed by atoms with Gasteiger partial charge in [0.2, 0.25) is 0 Å². The van der Waals surface area contributed by atoms with E-state index in [1.807, 2.05) is 6.07 Å². The van der Waals surface area contributed by atoms with Crippen molar-refractivity contribution in [2.75, 3.05) is 0 Å². The fraction of sp³-hybridized carbons (Fsp3) is 0.438. The van der Waals surface area contributed by atoms with E-state index in [1.54, 1.807) is 0 Å². The summed E-state index contributed by atoms with van der Waals surface area (Å²) in [6, 6.07) is 10.4. The quantitative estimate of drug-likeness (QED) is 0.916. The predicted octanol–water partition coefficient (Wildman–Crippen LogP) is 2.89. The highest BCUT2D eigenvalue weighted by Crippen LogP contribution is 2.41. The summed E-state index contributed by atoms with van der Waals surface area (Å²) in [7, 11) is 0. The zero-order valence-corrected chi connectivity index (χ0v) is 11.7. The second-order valence-electron chi connectivity index (χ2n) is 5.70. The van der Waals surface area contributed by atoms with Crippen LogP contribution in [0.25, 0.3) is 0 Å². The van der Waals surface area contributed by atoms with Gasteiger partial charge in [0.25, 0.3) is 0 Å². The maximum atomic E-state index is 6.48. The van der Waals surface area contributed by atoms with Crippen LogP contribution < -0.4 is 5.73 Å². The van der Waals surface area contributed by atoms with E-state index in [2.05, 4.69) is 42.8 Å². The van der Waals surface area contributed by atoms with Crippen LogP contribution in [0.3, 0.4) is 0 Å². The van der Waals surface area contributed by atoms with Crippen molar-refractivity contribution in [3.05, 3.63) is 52.8 Å². The molecule has 100 valence electrons. The second kappa shape index (κ2) is 4.49. The summed E-state index contributed by atoms with van der Waals surface area (Å²) in [6.45, 7) is 5.05. The molecule has 2 aromatic rings. The number of nitrogens with zero attached hydrogens (tertiary/aromatic N) is 2. The molecule has 2 N–H and O–H groups in total. The summed E-state index contributed by atoms with van der Waals surface area (Å²) >= 11 is 0. The first-order valence-electron chi connectivity index (χ1n) is 6.97. The first-order chi connectivity index (χ1) is 9.10. The van der Waals surface area contributed by atoms with Crippen molar-refractivity contribution >= 4 is 0 Å². The molecule has 1 aliphatic carbocycles. The van der Waals surface area contributed by atoms with Gasteiger partial charge in [-0.1, -0.05) is 30.3 Å². The lowest BCUT2D eigenvalue weighted by Gasteiger charge is -2.38. The van der Waals surface area contributed by atoms with Gasteiger partial charge < -0.3 is 5.73 Å². The van der Waals surface area contributed by atoms with Crippen molar-refractivity contribution in [3.8, 4) is 0 Å². The molecule has 0 atom stereocenters. The van der Waals surface area contributed by atoms with Crippen molar-refractivity contribution in [3.63, 3.8) is 0 Å². The number of benzene rings is 1. The highest BCUT2D eigenvalue weighted by molar-refractivity contribution is 5.35. The standard InChI is InChI=1S/C16H21N3/c1-12-15(16(17)9-6-10-16)13(2)19(18-12)11-14-7-4-3-5-8-14/h3-5,7-8H,6,9-11,17H2,1-2H3. The SMILES string of the molecule is Cc1nn(Cc2ccccc2)c(C)c1C1(N)CCC1. The Morgan fingerprint density at radius 3 is 2.47 bits per heavy atom.